The van der Waals surface area contributed by atoms with Crippen molar-refractivity contribution in [3.8, 4) is 0 Å². The average molecular weight is 731 g/mol. The third-order valence-electron chi connectivity index (χ3n) is 9.09. The van der Waals surface area contributed by atoms with Gasteiger partial charge in [0, 0.05) is 31.1 Å². The molecule has 50 heavy (non-hydrogen) atoms. The van der Waals surface area contributed by atoms with Crippen LogP contribution in [0.1, 0.15) is 155 Å². The van der Waals surface area contributed by atoms with Gasteiger partial charge in [-0.15, -0.1) is 0 Å². The van der Waals surface area contributed by atoms with E-state index in [2.05, 4.69) is 18.4 Å². The number of aliphatic hydroxyl groups excluding tert-OH is 2. The van der Waals surface area contributed by atoms with Gasteiger partial charge < -0.3 is 29.5 Å². The van der Waals surface area contributed by atoms with E-state index < -0.39 is 44.7 Å². The number of hydrogen-bond acceptors (Lipinski definition) is 9. The van der Waals surface area contributed by atoms with Crippen LogP contribution >= 0.6 is 7.82 Å². The Hall–Kier alpha value is -1.88. The summed E-state index contributed by atoms with van der Waals surface area (Å²) >= 11 is 0. The summed E-state index contributed by atoms with van der Waals surface area (Å²) in [7, 11) is -4.81. The molecule has 0 aliphatic heterocycles. The minimum absolute atomic E-state index is 0.00656. The highest BCUT2D eigenvalue weighted by Gasteiger charge is 2.39. The first-order valence-corrected chi connectivity index (χ1v) is 20.8. The van der Waals surface area contributed by atoms with Crippen LogP contribution in [0.5, 0.6) is 0 Å². The highest BCUT2D eigenvalue weighted by Crippen LogP contribution is 2.36. The second-order valence-corrected chi connectivity index (χ2v) is 14.9. The average Bonchev–Trinajstić information content (AvgIpc) is 3.33. The lowest BCUT2D eigenvalue weighted by molar-refractivity contribution is -0.161. The van der Waals surface area contributed by atoms with Crippen molar-refractivity contribution in [1.82, 2.24) is 0 Å². The van der Waals surface area contributed by atoms with E-state index >= 15 is 0 Å². The monoisotopic (exact) mass is 730 g/mol. The Balaban J connectivity index is 2.35. The molecule has 0 spiro atoms. The Morgan fingerprint density at radius 3 is 2.02 bits per heavy atom. The van der Waals surface area contributed by atoms with Crippen LogP contribution in [0.2, 0.25) is 0 Å². The topological polar surface area (TPSA) is 177 Å². The molecule has 0 aromatic heterocycles. The standard InChI is InChI=1S/C38H67O11P/c1-3-5-7-8-9-10-11-12-13-14-15-21-25-38(43)49-32(30-48-50(44,45)46)29-47-37(42)24-20-17-16-19-23-33-34(36(41)28-35(33)40)27-26-31(39)22-18-6-4-2/h16,19,26-27,31-34,36,39,41H,3-15,17-18,20-25,28-30H2,1-2H3,(H2,44,45,46)/b19-16-,27-26+/t31-,32+,33+,34+,36+/m0/s1. The Morgan fingerprint density at radius 2 is 1.40 bits per heavy atom. The molecule has 4 N–H and O–H groups in total. The third kappa shape index (κ3) is 24.3. The van der Waals surface area contributed by atoms with E-state index in [1.54, 1.807) is 12.2 Å². The van der Waals surface area contributed by atoms with Crippen molar-refractivity contribution < 1.29 is 52.9 Å². The number of phosphoric acid groups is 1. The molecule has 0 bridgehead atoms. The van der Waals surface area contributed by atoms with Gasteiger partial charge in [0.05, 0.1) is 18.8 Å². The molecule has 5 atom stereocenters. The SMILES string of the molecule is CCCCCCCCCCCCCCC(=O)O[C@H](COC(=O)CCC/C=C\C[C@H]1C(=O)C[C@@H](O)[C@@H]1/C=C/[C@@H](O)CCCCC)COP(=O)(O)O. The smallest absolute Gasteiger partial charge is 0.462 e. The lowest BCUT2D eigenvalue weighted by Crippen LogP contribution is -2.29. The molecule has 11 nitrogen and oxygen atoms in total. The molecule has 0 amide bonds. The molecule has 290 valence electrons. The van der Waals surface area contributed by atoms with E-state index in [4.69, 9.17) is 19.3 Å². The van der Waals surface area contributed by atoms with Crippen molar-refractivity contribution in [3.63, 3.8) is 0 Å². The summed E-state index contributed by atoms with van der Waals surface area (Å²) in [4.78, 5) is 55.3. The number of esters is 2. The second-order valence-electron chi connectivity index (χ2n) is 13.7. The number of carbonyl (C=O) groups excluding carboxylic acids is 3. The minimum atomic E-state index is -4.81. The van der Waals surface area contributed by atoms with Gasteiger partial charge in [-0.2, -0.15) is 0 Å². The zero-order valence-corrected chi connectivity index (χ0v) is 31.7. The molecule has 1 aliphatic rings. The number of ketones is 1. The summed E-state index contributed by atoms with van der Waals surface area (Å²) in [5.41, 5.74) is 0. The van der Waals surface area contributed by atoms with Crippen LogP contribution in [0, 0.1) is 11.8 Å². The van der Waals surface area contributed by atoms with Gasteiger partial charge in [0.25, 0.3) is 0 Å². The summed E-state index contributed by atoms with van der Waals surface area (Å²) in [5, 5.41) is 20.6. The zero-order chi connectivity index (χ0) is 37.0. The van der Waals surface area contributed by atoms with Crippen molar-refractivity contribution >= 4 is 25.5 Å². The van der Waals surface area contributed by atoms with Crippen LogP contribution in [-0.4, -0.2) is 69.2 Å². The number of rotatable bonds is 31. The molecule has 1 rings (SSSR count). The molecular formula is C38H67O11P. The normalized spacial score (nSPS) is 19.4. The summed E-state index contributed by atoms with van der Waals surface area (Å²) in [6.07, 6.45) is 24.1. The van der Waals surface area contributed by atoms with Gasteiger partial charge in [-0.05, 0) is 32.1 Å². The molecule has 0 aromatic rings. The molecule has 0 heterocycles. The summed E-state index contributed by atoms with van der Waals surface area (Å²) in [5.74, 6) is -1.79. The van der Waals surface area contributed by atoms with Gasteiger partial charge in [0.2, 0.25) is 0 Å². The van der Waals surface area contributed by atoms with Gasteiger partial charge in [0.15, 0.2) is 6.10 Å². The first-order chi connectivity index (χ1) is 24.0. The van der Waals surface area contributed by atoms with Crippen LogP contribution in [0.3, 0.4) is 0 Å². The Bertz CT molecular complexity index is 1020. The zero-order valence-electron chi connectivity index (χ0n) is 30.8. The molecule has 0 unspecified atom stereocenters. The van der Waals surface area contributed by atoms with Gasteiger partial charge in [-0.3, -0.25) is 18.9 Å². The van der Waals surface area contributed by atoms with E-state index in [-0.39, 0.29) is 43.5 Å². The fourth-order valence-electron chi connectivity index (χ4n) is 6.12. The Labute approximate surface area is 300 Å². The number of aliphatic hydroxyl groups is 2. The fourth-order valence-corrected chi connectivity index (χ4v) is 6.48. The van der Waals surface area contributed by atoms with Gasteiger partial charge in [0.1, 0.15) is 12.4 Å². The Morgan fingerprint density at radius 1 is 0.820 bits per heavy atom. The molecule has 1 saturated carbocycles. The van der Waals surface area contributed by atoms with Gasteiger partial charge in [-0.1, -0.05) is 128 Å². The predicted molar refractivity (Wildman–Crippen MR) is 194 cm³/mol. The van der Waals surface area contributed by atoms with E-state index in [1.165, 1.54) is 51.4 Å². The Kier molecular flexibility index (Phi) is 26.5. The number of Topliss-reactive ketones (excluding diaryl/α,β-unsaturated/α-hetero) is 1. The summed E-state index contributed by atoms with van der Waals surface area (Å²) < 4.78 is 26.2. The van der Waals surface area contributed by atoms with E-state index in [0.717, 1.165) is 38.5 Å². The maximum Gasteiger partial charge on any atom is 0.469 e. The van der Waals surface area contributed by atoms with E-state index in [9.17, 15) is 29.2 Å². The highest BCUT2D eigenvalue weighted by molar-refractivity contribution is 7.46. The van der Waals surface area contributed by atoms with Crippen LogP contribution in [0.15, 0.2) is 24.3 Å². The molecule has 1 aliphatic carbocycles. The first-order valence-electron chi connectivity index (χ1n) is 19.2. The molecular weight excluding hydrogens is 663 g/mol. The van der Waals surface area contributed by atoms with Gasteiger partial charge in [-0.25, -0.2) is 4.57 Å². The van der Waals surface area contributed by atoms with Crippen molar-refractivity contribution in [2.45, 2.75) is 173 Å². The van der Waals surface area contributed by atoms with Crippen molar-refractivity contribution in [3.05, 3.63) is 24.3 Å². The maximum atomic E-state index is 12.5. The number of carbonyl (C=O) groups is 3. The second kappa shape index (κ2) is 28.7. The van der Waals surface area contributed by atoms with Crippen LogP contribution in [0.4, 0.5) is 0 Å². The quantitative estimate of drug-likeness (QED) is 0.0237. The van der Waals surface area contributed by atoms with Crippen molar-refractivity contribution in [1.29, 1.82) is 0 Å². The van der Waals surface area contributed by atoms with Crippen molar-refractivity contribution in [2.75, 3.05) is 13.2 Å². The molecule has 12 heteroatoms. The van der Waals surface area contributed by atoms with E-state index in [1.807, 2.05) is 12.2 Å². The summed E-state index contributed by atoms with van der Waals surface area (Å²) in [6, 6.07) is 0. The lowest BCUT2D eigenvalue weighted by Gasteiger charge is -2.18. The largest absolute Gasteiger partial charge is 0.469 e. The molecule has 0 radical (unpaired) electrons. The van der Waals surface area contributed by atoms with E-state index in [0.29, 0.717) is 32.1 Å². The third-order valence-corrected chi connectivity index (χ3v) is 9.58. The predicted octanol–water partition coefficient (Wildman–Crippen LogP) is 7.82. The minimum Gasteiger partial charge on any atom is -0.462 e. The number of phosphoric ester groups is 1. The molecule has 0 saturated heterocycles. The lowest BCUT2D eigenvalue weighted by atomic mass is 9.90. The molecule has 1 fully saturated rings. The number of ether oxygens (including phenoxy) is 2. The van der Waals surface area contributed by atoms with Crippen LogP contribution in [-0.2, 0) is 32.9 Å². The molecule has 0 aromatic carbocycles. The number of unbranched alkanes of at least 4 members (excludes halogenated alkanes) is 14. The summed E-state index contributed by atoms with van der Waals surface area (Å²) in [6.45, 7) is 3.33. The maximum absolute atomic E-state index is 12.5. The van der Waals surface area contributed by atoms with Crippen LogP contribution < -0.4 is 0 Å². The fraction of sp³-hybridized carbons (Fsp3) is 0.816. The number of hydrogen-bond donors (Lipinski definition) is 4. The van der Waals surface area contributed by atoms with Crippen LogP contribution in [0.25, 0.3) is 0 Å². The highest BCUT2D eigenvalue weighted by atomic mass is 31.2. The number of allylic oxidation sites excluding steroid dienone is 2. The van der Waals surface area contributed by atoms with Gasteiger partial charge >= 0.3 is 19.8 Å². The first kappa shape index (κ1) is 46.1. The van der Waals surface area contributed by atoms with Crippen molar-refractivity contribution in [2.24, 2.45) is 11.8 Å².